The van der Waals surface area contributed by atoms with Crippen molar-refractivity contribution in [2.45, 2.75) is 32.9 Å². The lowest BCUT2D eigenvalue weighted by Crippen LogP contribution is -2.21. The van der Waals surface area contributed by atoms with E-state index in [1.165, 1.54) is 0 Å². The lowest BCUT2D eigenvalue weighted by molar-refractivity contribution is -0.143. The predicted molar refractivity (Wildman–Crippen MR) is 109 cm³/mol. The molecule has 1 N–H and O–H groups in total. The molecule has 0 radical (unpaired) electrons. The summed E-state index contributed by atoms with van der Waals surface area (Å²) in [5.41, 5.74) is -0.228. The summed E-state index contributed by atoms with van der Waals surface area (Å²) in [6.45, 7) is 3.64. The van der Waals surface area contributed by atoms with Crippen molar-refractivity contribution < 1.29 is 35.5 Å². The van der Waals surface area contributed by atoms with Gasteiger partial charge in [-0.25, -0.2) is 17.6 Å². The Labute approximate surface area is 185 Å². The molecule has 9 heteroatoms. The van der Waals surface area contributed by atoms with Gasteiger partial charge in [0.2, 0.25) is 5.91 Å². The summed E-state index contributed by atoms with van der Waals surface area (Å²) in [6, 6.07) is 13.1. The number of alkyl halides is 3. The van der Waals surface area contributed by atoms with Gasteiger partial charge < -0.3 is 5.32 Å². The van der Waals surface area contributed by atoms with Gasteiger partial charge in [0.25, 0.3) is 0 Å². The number of nitrogens with one attached hydrogen (secondary N) is 1. The van der Waals surface area contributed by atoms with Crippen LogP contribution in [0.5, 0.6) is 0 Å². The van der Waals surface area contributed by atoms with Crippen LogP contribution in [0.15, 0.2) is 42.5 Å². The smallest absolute Gasteiger partial charge is 0.321 e. The van der Waals surface area contributed by atoms with Crippen LogP contribution in [0.4, 0.5) is 36.4 Å². The van der Waals surface area contributed by atoms with Crippen molar-refractivity contribution >= 4 is 11.6 Å². The van der Waals surface area contributed by atoms with Crippen molar-refractivity contribution in [2.75, 3.05) is 5.32 Å². The van der Waals surface area contributed by atoms with Crippen LogP contribution in [0.2, 0.25) is 0 Å². The number of anilines is 1. The molecule has 0 bridgehead atoms. The number of aryl methyl sites for hydroxylation is 2. The van der Waals surface area contributed by atoms with Gasteiger partial charge in [0.1, 0.15) is 11.3 Å². The van der Waals surface area contributed by atoms with E-state index in [1.807, 2.05) is 37.3 Å². The molecule has 0 saturated heterocycles. The second-order valence-corrected chi connectivity index (χ2v) is 7.66. The van der Waals surface area contributed by atoms with Gasteiger partial charge >= 0.3 is 6.18 Å². The molecule has 3 aromatic carbocycles. The van der Waals surface area contributed by atoms with Crippen LogP contribution in [0.25, 0.3) is 0 Å². The Morgan fingerprint density at radius 2 is 1.45 bits per heavy atom. The summed E-state index contributed by atoms with van der Waals surface area (Å²) in [7, 11) is 0. The largest absolute Gasteiger partial charge is 0.422 e. The molecule has 0 unspecified atom stereocenters. The van der Waals surface area contributed by atoms with E-state index in [0.717, 1.165) is 16.7 Å². The number of carbonyl (C=O) groups excluding carboxylic acids is 1. The maximum Gasteiger partial charge on any atom is 0.422 e. The van der Waals surface area contributed by atoms with Gasteiger partial charge in [-0.15, -0.1) is 0 Å². The Balaban J connectivity index is 1.84. The van der Waals surface area contributed by atoms with Crippen LogP contribution in [-0.2, 0) is 23.8 Å². The van der Waals surface area contributed by atoms with Gasteiger partial charge in [-0.05, 0) is 42.5 Å². The number of hydrogen-bond acceptors (Lipinski definition) is 1. The van der Waals surface area contributed by atoms with E-state index in [2.05, 4.69) is 0 Å². The quantitative estimate of drug-likeness (QED) is 0.329. The molecule has 0 aliphatic carbocycles. The number of amides is 1. The number of carbonyl (C=O) groups is 1. The van der Waals surface area contributed by atoms with Crippen LogP contribution in [-0.4, -0.2) is 5.91 Å². The Morgan fingerprint density at radius 3 is 2.03 bits per heavy atom. The van der Waals surface area contributed by atoms with Crippen LogP contribution in [0, 0.1) is 37.1 Å². The molecular weight excluding hydrogens is 451 g/mol. The molecule has 0 spiro atoms. The highest BCUT2D eigenvalue weighted by Gasteiger charge is 2.42. The van der Waals surface area contributed by atoms with Gasteiger partial charge in [0.05, 0.1) is 6.42 Å². The maximum atomic E-state index is 14.1. The summed E-state index contributed by atoms with van der Waals surface area (Å²) in [5.74, 6) is -11.0. The molecule has 0 aliphatic rings. The molecule has 0 atom stereocenters. The van der Waals surface area contributed by atoms with Crippen LogP contribution in [0.1, 0.15) is 33.4 Å². The molecule has 174 valence electrons. The lowest BCUT2D eigenvalue weighted by Gasteiger charge is -2.15. The first kappa shape index (κ1) is 24.3. The summed E-state index contributed by atoms with van der Waals surface area (Å²) < 4.78 is 93.8. The fourth-order valence-corrected chi connectivity index (χ4v) is 3.43. The molecule has 33 heavy (non-hydrogen) atoms. The van der Waals surface area contributed by atoms with E-state index in [9.17, 15) is 35.5 Å². The van der Waals surface area contributed by atoms with Gasteiger partial charge in [-0.1, -0.05) is 48.0 Å². The monoisotopic (exact) mass is 469 g/mol. The normalized spacial score (nSPS) is 11.5. The van der Waals surface area contributed by atoms with Crippen molar-refractivity contribution in [1.29, 1.82) is 0 Å². The van der Waals surface area contributed by atoms with E-state index in [1.54, 1.807) is 24.4 Å². The Hall–Kier alpha value is -3.36. The maximum absolute atomic E-state index is 14.1. The Morgan fingerprint density at radius 1 is 0.848 bits per heavy atom. The van der Waals surface area contributed by atoms with Gasteiger partial charge in [0, 0.05) is 0 Å². The van der Waals surface area contributed by atoms with Crippen LogP contribution in [0.3, 0.4) is 0 Å². The second-order valence-electron chi connectivity index (χ2n) is 7.66. The zero-order valence-electron chi connectivity index (χ0n) is 17.5. The topological polar surface area (TPSA) is 29.1 Å². The summed E-state index contributed by atoms with van der Waals surface area (Å²) in [4.78, 5) is 12.3. The first-order chi connectivity index (χ1) is 15.4. The van der Waals surface area contributed by atoms with Crippen LogP contribution < -0.4 is 5.32 Å². The first-order valence-electron chi connectivity index (χ1n) is 9.75. The van der Waals surface area contributed by atoms with Crippen molar-refractivity contribution in [1.82, 2.24) is 0 Å². The molecule has 0 aliphatic heterocycles. The minimum atomic E-state index is -5.66. The highest BCUT2D eigenvalue weighted by molar-refractivity contribution is 5.92. The molecule has 3 aromatic rings. The Bertz CT molecular complexity index is 1190. The third-order valence-electron chi connectivity index (χ3n) is 5.07. The van der Waals surface area contributed by atoms with Crippen molar-refractivity contribution in [3.8, 4) is 0 Å². The minimum Gasteiger partial charge on any atom is -0.321 e. The highest BCUT2D eigenvalue weighted by Crippen LogP contribution is 2.38. The third-order valence-corrected chi connectivity index (χ3v) is 5.07. The lowest BCUT2D eigenvalue weighted by atomic mass is 9.97. The SMILES string of the molecule is Cc1cccc(Cc2ccc(C)c(CC(=O)Nc3c(F)c(F)c(C(F)(F)F)c(F)c3F)c2)c1. The van der Waals surface area contributed by atoms with E-state index in [4.69, 9.17) is 0 Å². The number of rotatable bonds is 5. The fourth-order valence-electron chi connectivity index (χ4n) is 3.43. The summed E-state index contributed by atoms with van der Waals surface area (Å²) in [6.07, 6.45) is -5.53. The molecule has 2 nitrogen and oxygen atoms in total. The van der Waals surface area contributed by atoms with Crippen molar-refractivity contribution in [3.05, 3.63) is 99.1 Å². The average Bonchev–Trinajstić information content (AvgIpc) is 2.71. The molecule has 1 amide bonds. The van der Waals surface area contributed by atoms with Gasteiger partial charge in [-0.2, -0.15) is 13.2 Å². The standard InChI is InChI=1S/C24H18F7NO/c1-12-4-3-5-14(8-12)9-15-7-6-13(2)16(10-15)11-17(33)32-23-21(27)19(25)18(24(29,30)31)20(26)22(23)28/h3-8,10H,9,11H2,1-2H3,(H,32,33). The molecular formula is C24H18F7NO. The first-order valence-corrected chi connectivity index (χ1v) is 9.75. The summed E-state index contributed by atoms with van der Waals surface area (Å²) >= 11 is 0. The molecule has 0 aromatic heterocycles. The highest BCUT2D eigenvalue weighted by atomic mass is 19.4. The van der Waals surface area contributed by atoms with E-state index < -0.39 is 53.0 Å². The predicted octanol–water partition coefficient (Wildman–Crippen LogP) is 6.65. The molecule has 0 heterocycles. The van der Waals surface area contributed by atoms with Gasteiger partial charge in [-0.3, -0.25) is 4.79 Å². The number of halogens is 7. The minimum absolute atomic E-state index is 0.420. The second kappa shape index (κ2) is 9.25. The van der Waals surface area contributed by atoms with Crippen molar-refractivity contribution in [3.63, 3.8) is 0 Å². The number of hydrogen-bond donors (Lipinski definition) is 1. The van der Waals surface area contributed by atoms with E-state index >= 15 is 0 Å². The molecule has 3 rings (SSSR count). The van der Waals surface area contributed by atoms with Gasteiger partial charge in [0.15, 0.2) is 23.3 Å². The van der Waals surface area contributed by atoms with E-state index in [0.29, 0.717) is 17.5 Å². The zero-order chi connectivity index (χ0) is 24.5. The third kappa shape index (κ3) is 5.35. The molecule has 0 saturated carbocycles. The van der Waals surface area contributed by atoms with E-state index in [-0.39, 0.29) is 0 Å². The number of benzene rings is 3. The Kier molecular flexibility index (Phi) is 6.81. The average molecular weight is 469 g/mol. The summed E-state index contributed by atoms with van der Waals surface area (Å²) in [5, 5.41) is 1.65. The zero-order valence-corrected chi connectivity index (χ0v) is 17.5. The van der Waals surface area contributed by atoms with Crippen LogP contribution >= 0.6 is 0 Å². The van der Waals surface area contributed by atoms with Crippen molar-refractivity contribution in [2.24, 2.45) is 0 Å². The molecule has 0 fully saturated rings. The fraction of sp³-hybridized carbons (Fsp3) is 0.208.